The van der Waals surface area contributed by atoms with Crippen molar-refractivity contribution in [3.63, 3.8) is 0 Å². The highest BCUT2D eigenvalue weighted by Crippen LogP contribution is 2.84. The number of allylic oxidation sites excluding steroid dienone is 1. The highest BCUT2D eigenvalue weighted by atomic mass is 14.6. The maximum absolute atomic E-state index is 2.68. The van der Waals surface area contributed by atoms with Gasteiger partial charge < -0.3 is 0 Å². The van der Waals surface area contributed by atoms with Crippen LogP contribution < -0.4 is 0 Å². The Morgan fingerprint density at radius 3 is 0.812 bits per heavy atom. The lowest BCUT2D eigenvalue weighted by Gasteiger charge is -2.43. The van der Waals surface area contributed by atoms with Crippen molar-refractivity contribution in [3.05, 3.63) is 64.2 Å². The second-order valence-corrected chi connectivity index (χ2v) is 25.2. The van der Waals surface area contributed by atoms with Crippen molar-refractivity contribution >= 4 is 297 Å². The molecule has 0 heterocycles. The normalized spacial score (nSPS) is 21.0. The Kier molecular flexibility index (Phi) is 2.18. The zero-order chi connectivity index (χ0) is 40.8. The van der Waals surface area contributed by atoms with Crippen LogP contribution in [0.25, 0.3) is 297 Å². The van der Waals surface area contributed by atoms with E-state index < -0.39 is 0 Å². The molecule has 0 nitrogen and oxygen atoms in total. The first kappa shape index (κ1) is 25.5. The average molecular weight is 839 g/mol. The van der Waals surface area contributed by atoms with E-state index in [-0.39, 0.29) is 5.41 Å². The molecule has 0 spiro atoms. The molecule has 0 saturated carbocycles. The molecule has 0 radical (unpaired) electrons. The van der Waals surface area contributed by atoms with Crippen LogP contribution in [0.5, 0.6) is 0 Å². The second kappa shape index (κ2) is 5.90. The van der Waals surface area contributed by atoms with E-state index in [4.69, 9.17) is 0 Å². The molecule has 0 saturated heterocycles. The van der Waals surface area contributed by atoms with Crippen LogP contribution >= 0.6 is 0 Å². The van der Waals surface area contributed by atoms with Gasteiger partial charge in [-0.1, -0.05) is 42.5 Å². The van der Waals surface area contributed by atoms with Crippen molar-refractivity contribution < 1.29 is 0 Å². The summed E-state index contributed by atoms with van der Waals surface area (Å²) < 4.78 is 0. The third-order valence-electron chi connectivity index (χ3n) is 24.8. The Bertz CT molecular complexity index is 7400. The number of hydrogen-bond acceptors (Lipinski definition) is 0. The van der Waals surface area contributed by atoms with Gasteiger partial charge in [-0.3, -0.25) is 0 Å². The highest BCUT2D eigenvalue weighted by Gasteiger charge is 2.62. The lowest BCUT2D eigenvalue weighted by Crippen LogP contribution is -2.35. The van der Waals surface area contributed by atoms with E-state index in [9.17, 15) is 0 Å². The number of hydrogen-bond donors (Lipinski definition) is 0. The Labute approximate surface area is 376 Å². The minimum absolute atomic E-state index is 0.198. The number of rotatable bonds is 3. The zero-order valence-corrected chi connectivity index (χ0v) is 35.3. The summed E-state index contributed by atoms with van der Waals surface area (Å²) in [5, 5.41) is 90.4. The Hall–Kier alpha value is -8.58. The molecule has 33 rings (SSSR count). The molecule has 0 fully saturated rings. The SMILES string of the molecule is C(=C\c1ccccc1)/CC12c3c4c5c6c7c8c(c9c%10c1c1c%11c3c3c%12c4c4c6c6c7c7c%13c8c9c8c9c%10c1c1c%10c%11c3c3c%11c%12c4c4c6c6c7c7c%13c8c8c9c1c1c%10c3c3c%11c4c6c4c7c8c1c34)C52. The van der Waals surface area contributed by atoms with Gasteiger partial charge in [0.25, 0.3) is 0 Å². The van der Waals surface area contributed by atoms with E-state index >= 15 is 0 Å². The Balaban J connectivity index is 1.15. The van der Waals surface area contributed by atoms with Gasteiger partial charge in [0, 0.05) is 11.3 Å². The van der Waals surface area contributed by atoms with Crippen LogP contribution in [0.3, 0.4) is 0 Å². The van der Waals surface area contributed by atoms with Gasteiger partial charge in [0.15, 0.2) is 0 Å². The molecule has 29 aromatic rings. The molecular weight excluding hydrogens is 829 g/mol. The molecule has 4 aliphatic rings. The fraction of sp³-hybridized carbons (Fsp3) is 0.0435. The quantitative estimate of drug-likeness (QED) is 0.156. The second-order valence-electron chi connectivity index (χ2n) is 25.2. The molecule has 0 amide bonds. The number of benzene rings is 18. The predicted octanol–water partition coefficient (Wildman–Crippen LogP) is 19.2. The van der Waals surface area contributed by atoms with Crippen molar-refractivity contribution in [1.82, 2.24) is 0 Å². The summed E-state index contributed by atoms with van der Waals surface area (Å²) in [5.74, 6) is 0.295. The molecule has 4 aliphatic carbocycles. The van der Waals surface area contributed by atoms with Crippen LogP contribution in [0.2, 0.25) is 0 Å². The van der Waals surface area contributed by atoms with Crippen LogP contribution in [0.15, 0.2) is 36.4 Å². The minimum Gasteiger partial charge on any atom is -0.0827 e. The van der Waals surface area contributed by atoms with E-state index in [2.05, 4.69) is 42.5 Å². The third kappa shape index (κ3) is 1.41. The van der Waals surface area contributed by atoms with Crippen LogP contribution in [-0.4, -0.2) is 0 Å². The molecule has 0 heteroatoms. The zero-order valence-electron chi connectivity index (χ0n) is 35.3. The molecular formula is C69H10. The molecule has 0 aromatic heterocycles. The van der Waals surface area contributed by atoms with Gasteiger partial charge in [0.2, 0.25) is 0 Å². The monoisotopic (exact) mass is 838 g/mol. The Morgan fingerprint density at radius 1 is 0.246 bits per heavy atom. The van der Waals surface area contributed by atoms with E-state index in [1.54, 1.807) is 313 Å². The van der Waals surface area contributed by atoms with Crippen molar-refractivity contribution in [2.45, 2.75) is 17.8 Å². The standard InChI is InChI=1S/C69H10/c1-2-5-9(6-3-1)7-4-8-69-66-62-56-42-34-26-14-11-10-12-15(14)27-29-25-19(12)21-17-13(10)16-20-18(11)24-28(26)40(42)48-46-32(24)30(20)38-36-22(16)23(17)37-39-31(21)33(25)47-49-41(29)43(35(27)34)57(56)63(66)59(49)61-53(47)51(39)55-45(37)44(36)54-50(38)52(46)60(58(48)62)67(69)64(54)65(55)68(61)69/h1-7,67H,8H2/b7-4+. The van der Waals surface area contributed by atoms with Crippen molar-refractivity contribution in [2.24, 2.45) is 0 Å². The molecule has 69 heavy (non-hydrogen) atoms. The summed E-state index contributed by atoms with van der Waals surface area (Å²) in [6, 6.07) is 11.3. The molecule has 29 aromatic carbocycles. The first-order valence-electron chi connectivity index (χ1n) is 25.9. The highest BCUT2D eigenvalue weighted by molar-refractivity contribution is 6.82. The summed E-state index contributed by atoms with van der Waals surface area (Å²) in [7, 11) is 0. The lowest BCUT2D eigenvalue weighted by molar-refractivity contribution is 0.492. The van der Waals surface area contributed by atoms with Crippen LogP contribution in [0, 0.1) is 0 Å². The largest absolute Gasteiger partial charge is 0.0827 e. The van der Waals surface area contributed by atoms with Gasteiger partial charge in [-0.25, -0.2) is 0 Å². The van der Waals surface area contributed by atoms with Crippen LogP contribution in [-0.2, 0) is 5.41 Å². The van der Waals surface area contributed by atoms with Gasteiger partial charge in [-0.2, -0.15) is 0 Å². The van der Waals surface area contributed by atoms with Gasteiger partial charge in [0.05, 0.1) is 0 Å². The maximum Gasteiger partial charge on any atom is 0.0372 e. The molecule has 2 unspecified atom stereocenters. The summed E-state index contributed by atoms with van der Waals surface area (Å²) >= 11 is 0. The van der Waals surface area contributed by atoms with Gasteiger partial charge in [-0.05, 0) is 325 Å². The fourth-order valence-electron chi connectivity index (χ4n) is 24.6. The predicted molar refractivity (Wildman–Crippen MR) is 295 cm³/mol. The topological polar surface area (TPSA) is 0 Å². The van der Waals surface area contributed by atoms with Crippen molar-refractivity contribution in [3.8, 4) is 0 Å². The van der Waals surface area contributed by atoms with E-state index in [1.165, 1.54) is 5.56 Å². The van der Waals surface area contributed by atoms with Gasteiger partial charge >= 0.3 is 0 Å². The smallest absolute Gasteiger partial charge is 0.0372 e. The summed E-state index contributed by atoms with van der Waals surface area (Å²) in [5.41, 5.74) is 8.18. The van der Waals surface area contributed by atoms with Crippen LogP contribution in [0.1, 0.15) is 40.2 Å². The van der Waals surface area contributed by atoms with Crippen LogP contribution in [0.4, 0.5) is 0 Å². The van der Waals surface area contributed by atoms with E-state index in [0.29, 0.717) is 5.92 Å². The van der Waals surface area contributed by atoms with E-state index in [0.717, 1.165) is 6.42 Å². The summed E-state index contributed by atoms with van der Waals surface area (Å²) in [6.45, 7) is 0. The van der Waals surface area contributed by atoms with Gasteiger partial charge in [-0.15, -0.1) is 0 Å². The average Bonchev–Trinajstić information content (AvgIpc) is 4.28. The minimum atomic E-state index is -0.198. The van der Waals surface area contributed by atoms with Crippen molar-refractivity contribution in [1.29, 1.82) is 0 Å². The molecule has 286 valence electrons. The molecule has 2 atom stereocenters. The lowest BCUT2D eigenvalue weighted by atomic mass is 9.57. The summed E-state index contributed by atoms with van der Waals surface area (Å²) in [6.07, 6.45) is 6.22. The first-order valence-corrected chi connectivity index (χ1v) is 25.9. The molecule has 0 aliphatic heterocycles. The van der Waals surface area contributed by atoms with Crippen molar-refractivity contribution in [2.75, 3.05) is 0 Å². The fourth-order valence-corrected chi connectivity index (χ4v) is 24.6. The first-order chi connectivity index (χ1) is 34.4. The van der Waals surface area contributed by atoms with E-state index in [1.807, 2.05) is 0 Å². The third-order valence-corrected chi connectivity index (χ3v) is 24.8. The Morgan fingerprint density at radius 2 is 0.464 bits per heavy atom. The van der Waals surface area contributed by atoms with Gasteiger partial charge in [0.1, 0.15) is 0 Å². The molecule has 0 N–H and O–H groups in total. The molecule has 0 bridgehead atoms. The maximum atomic E-state index is 2.68. The summed E-state index contributed by atoms with van der Waals surface area (Å²) in [4.78, 5) is 0.